The molecule has 0 amide bonds. The topological polar surface area (TPSA) is 63.3 Å². The van der Waals surface area contributed by atoms with Crippen LogP contribution in [-0.4, -0.2) is 21.8 Å². The number of fused-ring (bicyclic) bond motifs is 1. The van der Waals surface area contributed by atoms with Crippen molar-refractivity contribution >= 4 is 28.8 Å². The summed E-state index contributed by atoms with van der Waals surface area (Å²) in [6.07, 6.45) is 0. The van der Waals surface area contributed by atoms with Crippen molar-refractivity contribution < 1.29 is 14.3 Å². The smallest absolute Gasteiger partial charge is 0.335 e. The molecule has 0 aliphatic rings. The Hall–Kier alpha value is -1.49. The minimum absolute atomic E-state index is 0.217. The number of carboxylic acid groups (broad SMARTS) is 1. The average Bonchev–Trinajstić information content (AvgIpc) is 2.67. The predicted molar refractivity (Wildman–Crippen MR) is 66.5 cm³/mol. The van der Waals surface area contributed by atoms with E-state index in [1.54, 1.807) is 17.8 Å². The van der Waals surface area contributed by atoms with Crippen molar-refractivity contribution in [2.24, 2.45) is 5.92 Å². The number of carbonyl (C=O) groups is 1. The molecule has 17 heavy (non-hydrogen) atoms. The fourth-order valence-electron chi connectivity index (χ4n) is 1.34. The molecule has 0 fully saturated rings. The van der Waals surface area contributed by atoms with E-state index in [2.05, 4.69) is 18.8 Å². The lowest BCUT2D eigenvalue weighted by atomic mass is 10.2. The fraction of sp³-hybridized carbons (Fsp3) is 0.333. The molecule has 0 unspecified atom stereocenters. The first-order valence-electron chi connectivity index (χ1n) is 5.33. The average molecular weight is 251 g/mol. The van der Waals surface area contributed by atoms with E-state index in [9.17, 15) is 4.79 Å². The maximum absolute atomic E-state index is 10.8. The Bertz CT molecular complexity index is 548. The van der Waals surface area contributed by atoms with E-state index in [1.165, 1.54) is 12.1 Å². The van der Waals surface area contributed by atoms with Gasteiger partial charge in [-0.15, -0.1) is 0 Å². The molecular formula is C12H13NO3S. The van der Waals surface area contributed by atoms with Gasteiger partial charge in [0.2, 0.25) is 0 Å². The van der Waals surface area contributed by atoms with Crippen molar-refractivity contribution in [3.8, 4) is 0 Å². The molecule has 0 bridgehead atoms. The number of rotatable bonds is 4. The third-order valence-electron chi connectivity index (χ3n) is 2.16. The monoisotopic (exact) mass is 251 g/mol. The zero-order valence-electron chi connectivity index (χ0n) is 9.64. The van der Waals surface area contributed by atoms with E-state index in [4.69, 9.17) is 9.52 Å². The lowest BCUT2D eigenvalue weighted by Crippen LogP contribution is -1.94. The van der Waals surface area contributed by atoms with Crippen LogP contribution in [0.4, 0.5) is 0 Å². The molecule has 4 nitrogen and oxygen atoms in total. The first-order chi connectivity index (χ1) is 8.06. The second kappa shape index (κ2) is 4.79. The summed E-state index contributed by atoms with van der Waals surface area (Å²) in [6, 6.07) is 4.70. The van der Waals surface area contributed by atoms with E-state index in [1.807, 2.05) is 0 Å². The second-order valence-corrected chi connectivity index (χ2v) is 5.14. The number of thioether (sulfide) groups is 1. The molecule has 0 aliphatic carbocycles. The summed E-state index contributed by atoms with van der Waals surface area (Å²) in [5.74, 6) is 0.530. The summed E-state index contributed by atoms with van der Waals surface area (Å²) in [7, 11) is 0. The van der Waals surface area contributed by atoms with Crippen molar-refractivity contribution in [1.29, 1.82) is 0 Å². The molecule has 0 saturated heterocycles. The Morgan fingerprint density at radius 3 is 2.94 bits per heavy atom. The Morgan fingerprint density at radius 2 is 2.29 bits per heavy atom. The van der Waals surface area contributed by atoms with Gasteiger partial charge < -0.3 is 9.52 Å². The lowest BCUT2D eigenvalue weighted by Gasteiger charge is -1.98. The summed E-state index contributed by atoms with van der Waals surface area (Å²) < 4.78 is 5.50. The van der Waals surface area contributed by atoms with Gasteiger partial charge in [-0.05, 0) is 24.1 Å². The highest BCUT2D eigenvalue weighted by Gasteiger charge is 2.10. The van der Waals surface area contributed by atoms with Gasteiger partial charge in [0.15, 0.2) is 5.58 Å². The minimum Gasteiger partial charge on any atom is -0.478 e. The molecule has 90 valence electrons. The SMILES string of the molecule is CC(C)CSc1nc2ccc(C(=O)O)cc2o1. The number of carboxylic acids is 1. The quantitative estimate of drug-likeness (QED) is 0.845. The van der Waals surface area contributed by atoms with Crippen LogP contribution in [0.25, 0.3) is 11.1 Å². The Balaban J connectivity index is 2.27. The molecule has 1 aromatic heterocycles. The van der Waals surface area contributed by atoms with Crippen molar-refractivity contribution in [1.82, 2.24) is 4.98 Å². The zero-order chi connectivity index (χ0) is 12.4. The maximum atomic E-state index is 10.8. The molecular weight excluding hydrogens is 238 g/mol. The van der Waals surface area contributed by atoms with Crippen molar-refractivity contribution in [2.45, 2.75) is 19.1 Å². The van der Waals surface area contributed by atoms with Crippen molar-refractivity contribution in [3.63, 3.8) is 0 Å². The molecule has 0 spiro atoms. The first-order valence-corrected chi connectivity index (χ1v) is 6.31. The Morgan fingerprint density at radius 1 is 1.53 bits per heavy atom. The standard InChI is InChI=1S/C12H13NO3S/c1-7(2)6-17-12-13-9-4-3-8(11(14)15)5-10(9)16-12/h3-5,7H,6H2,1-2H3,(H,14,15). The summed E-state index contributed by atoms with van der Waals surface area (Å²) >= 11 is 1.54. The van der Waals surface area contributed by atoms with Gasteiger partial charge in [0.05, 0.1) is 5.56 Å². The van der Waals surface area contributed by atoms with Gasteiger partial charge in [0.1, 0.15) is 5.52 Å². The second-order valence-electron chi connectivity index (χ2n) is 4.17. The minimum atomic E-state index is -0.959. The van der Waals surface area contributed by atoms with Gasteiger partial charge in [-0.25, -0.2) is 9.78 Å². The highest BCUT2D eigenvalue weighted by molar-refractivity contribution is 7.99. The van der Waals surface area contributed by atoms with Crippen LogP contribution in [0.2, 0.25) is 0 Å². The zero-order valence-corrected chi connectivity index (χ0v) is 10.5. The largest absolute Gasteiger partial charge is 0.478 e. The maximum Gasteiger partial charge on any atom is 0.335 e. The number of benzene rings is 1. The van der Waals surface area contributed by atoms with Gasteiger partial charge in [-0.1, -0.05) is 25.6 Å². The first kappa shape index (κ1) is 12.0. The van der Waals surface area contributed by atoms with Crippen LogP contribution in [0, 0.1) is 5.92 Å². The van der Waals surface area contributed by atoms with Crippen molar-refractivity contribution in [2.75, 3.05) is 5.75 Å². The summed E-state index contributed by atoms with van der Waals surface area (Å²) in [5, 5.41) is 9.45. The van der Waals surface area contributed by atoms with E-state index in [0.717, 1.165) is 5.75 Å². The van der Waals surface area contributed by atoms with E-state index in [0.29, 0.717) is 22.2 Å². The van der Waals surface area contributed by atoms with E-state index < -0.39 is 5.97 Å². The van der Waals surface area contributed by atoms with E-state index >= 15 is 0 Å². The van der Waals surface area contributed by atoms with Crippen LogP contribution < -0.4 is 0 Å². The highest BCUT2D eigenvalue weighted by Crippen LogP contribution is 2.25. The summed E-state index contributed by atoms with van der Waals surface area (Å²) in [4.78, 5) is 15.1. The lowest BCUT2D eigenvalue weighted by molar-refractivity contribution is 0.0697. The molecule has 1 heterocycles. The molecule has 0 atom stereocenters. The molecule has 0 saturated carbocycles. The van der Waals surface area contributed by atoms with Gasteiger partial charge in [-0.3, -0.25) is 0 Å². The van der Waals surface area contributed by atoms with E-state index in [-0.39, 0.29) is 5.56 Å². The van der Waals surface area contributed by atoms with Gasteiger partial charge in [0.25, 0.3) is 5.22 Å². The highest BCUT2D eigenvalue weighted by atomic mass is 32.2. The van der Waals surface area contributed by atoms with Crippen LogP contribution in [0.3, 0.4) is 0 Å². The number of aromatic nitrogens is 1. The number of oxazole rings is 1. The number of nitrogens with zero attached hydrogens (tertiary/aromatic N) is 1. The van der Waals surface area contributed by atoms with Gasteiger partial charge >= 0.3 is 5.97 Å². The van der Waals surface area contributed by atoms with Crippen molar-refractivity contribution in [3.05, 3.63) is 23.8 Å². The Kier molecular flexibility index (Phi) is 3.38. The number of aromatic carboxylic acids is 1. The van der Waals surface area contributed by atoms with Crippen LogP contribution in [-0.2, 0) is 0 Å². The molecule has 2 aromatic rings. The van der Waals surface area contributed by atoms with Crippen LogP contribution in [0.1, 0.15) is 24.2 Å². The van der Waals surface area contributed by atoms with Crippen LogP contribution >= 0.6 is 11.8 Å². The summed E-state index contributed by atoms with van der Waals surface area (Å²) in [5.41, 5.74) is 1.44. The van der Waals surface area contributed by atoms with Gasteiger partial charge in [-0.2, -0.15) is 0 Å². The molecule has 5 heteroatoms. The third-order valence-corrected chi connectivity index (χ3v) is 3.41. The van der Waals surface area contributed by atoms with Crippen LogP contribution in [0.15, 0.2) is 27.8 Å². The Labute approximate surface area is 103 Å². The molecule has 2 rings (SSSR count). The third kappa shape index (κ3) is 2.79. The fourth-order valence-corrected chi connectivity index (χ4v) is 2.12. The summed E-state index contributed by atoms with van der Waals surface area (Å²) in [6.45, 7) is 4.25. The van der Waals surface area contributed by atoms with Gasteiger partial charge in [0, 0.05) is 5.75 Å². The number of hydrogen-bond donors (Lipinski definition) is 1. The van der Waals surface area contributed by atoms with Crippen LogP contribution in [0.5, 0.6) is 0 Å². The molecule has 0 aliphatic heterocycles. The molecule has 0 radical (unpaired) electrons. The number of hydrogen-bond acceptors (Lipinski definition) is 4. The molecule has 1 N–H and O–H groups in total. The molecule has 1 aromatic carbocycles. The normalized spacial score (nSPS) is 11.2. The predicted octanol–water partition coefficient (Wildman–Crippen LogP) is 3.27.